The van der Waals surface area contributed by atoms with Gasteiger partial charge in [0, 0.05) is 42.8 Å². The predicted molar refractivity (Wildman–Crippen MR) is 148 cm³/mol. The maximum atomic E-state index is 13.2. The lowest BCUT2D eigenvalue weighted by molar-refractivity contribution is -0.990. The zero-order valence-corrected chi connectivity index (χ0v) is 22.4. The fraction of sp³-hybridized carbons (Fsp3) is 0.333. The van der Waals surface area contributed by atoms with E-state index in [1.165, 1.54) is 6.07 Å². The Morgan fingerprint density at radius 2 is 1.95 bits per heavy atom. The van der Waals surface area contributed by atoms with Crippen molar-refractivity contribution in [2.75, 3.05) is 54.0 Å². The molecule has 202 valence electrons. The van der Waals surface area contributed by atoms with Gasteiger partial charge in [0.05, 0.1) is 22.9 Å². The van der Waals surface area contributed by atoms with Gasteiger partial charge in [0.2, 0.25) is 17.5 Å². The van der Waals surface area contributed by atoms with E-state index >= 15 is 0 Å². The van der Waals surface area contributed by atoms with E-state index in [9.17, 15) is 10.0 Å². The second kappa shape index (κ2) is 12.1. The lowest BCUT2D eigenvalue weighted by atomic mass is 10.1. The summed E-state index contributed by atoms with van der Waals surface area (Å²) in [4.78, 5) is 30.3. The van der Waals surface area contributed by atoms with E-state index in [1.807, 2.05) is 13.8 Å². The number of rotatable bonds is 9. The minimum absolute atomic E-state index is 0.0290. The van der Waals surface area contributed by atoms with Gasteiger partial charge in [0.1, 0.15) is 11.5 Å². The number of likely N-dealkylation sites (N-methyl/N-ethyl adjacent to an activating group) is 1. The predicted octanol–water partition coefficient (Wildman–Crippen LogP) is 2.41. The van der Waals surface area contributed by atoms with Gasteiger partial charge in [-0.3, -0.25) is 9.69 Å². The van der Waals surface area contributed by atoms with Crippen molar-refractivity contribution in [3.63, 3.8) is 0 Å². The Morgan fingerprint density at radius 3 is 2.63 bits per heavy atom. The molecule has 0 spiro atoms. The molecular formula is C24H29Cl2N9O3. The monoisotopic (exact) mass is 561 g/mol. The number of nitrogens with two attached hydrogens (primary N) is 1. The molecule has 1 saturated heterocycles. The number of carbonyl (C=O) groups is 1. The Kier molecular flexibility index (Phi) is 8.82. The molecule has 12 nitrogen and oxygen atoms in total. The highest BCUT2D eigenvalue weighted by molar-refractivity contribution is 6.36. The number of hydrogen-bond donors (Lipinski definition) is 5. The van der Waals surface area contributed by atoms with Crippen LogP contribution in [-0.2, 0) is 4.79 Å². The number of halogens is 2. The molecule has 0 bridgehead atoms. The first-order valence-electron chi connectivity index (χ1n) is 12.0. The first kappa shape index (κ1) is 27.8. The Morgan fingerprint density at radius 1 is 1.18 bits per heavy atom. The Labute approximate surface area is 229 Å². The molecule has 1 aliphatic rings. The Hall–Kier alpha value is -3.26. The average molecular weight is 562 g/mol. The summed E-state index contributed by atoms with van der Waals surface area (Å²) < 4.78 is 0. The molecule has 3 aromatic rings. The molecule has 1 aromatic carbocycles. The fourth-order valence-electron chi connectivity index (χ4n) is 4.24. The molecule has 0 aliphatic carbocycles. The summed E-state index contributed by atoms with van der Waals surface area (Å²) in [5, 5.41) is 26.2. The van der Waals surface area contributed by atoms with E-state index in [1.54, 1.807) is 35.4 Å². The van der Waals surface area contributed by atoms with Gasteiger partial charge in [-0.05, 0) is 37.7 Å². The zero-order chi connectivity index (χ0) is 27.4. The first-order valence-corrected chi connectivity index (χ1v) is 12.8. The average Bonchev–Trinajstić information content (AvgIpc) is 2.88. The summed E-state index contributed by atoms with van der Waals surface area (Å²) >= 11 is 12.7. The van der Waals surface area contributed by atoms with Crippen LogP contribution in [0.2, 0.25) is 10.0 Å². The number of piperazine rings is 1. The van der Waals surface area contributed by atoms with Crippen LogP contribution in [0, 0.1) is 5.21 Å². The lowest BCUT2D eigenvalue weighted by Crippen LogP contribution is -2.99. The summed E-state index contributed by atoms with van der Waals surface area (Å²) in [5.74, 6) is 0.692. The van der Waals surface area contributed by atoms with Gasteiger partial charge in [-0.15, -0.1) is 0 Å². The maximum absolute atomic E-state index is 13.2. The lowest BCUT2D eigenvalue weighted by Gasteiger charge is -2.38. The highest BCUT2D eigenvalue weighted by Gasteiger charge is 2.33. The summed E-state index contributed by atoms with van der Waals surface area (Å²) in [5.41, 5.74) is 7.37. The number of quaternary nitrogens is 1. The molecule has 2 atom stereocenters. The summed E-state index contributed by atoms with van der Waals surface area (Å²) in [6, 6.07) is 7.80. The molecule has 14 heteroatoms. The molecule has 38 heavy (non-hydrogen) atoms. The van der Waals surface area contributed by atoms with Crippen molar-refractivity contribution in [2.24, 2.45) is 0 Å². The fourth-order valence-corrected chi connectivity index (χ4v) is 4.74. The van der Waals surface area contributed by atoms with Gasteiger partial charge in [0.25, 0.3) is 0 Å². The second-order valence-electron chi connectivity index (χ2n) is 8.63. The number of amides is 1. The van der Waals surface area contributed by atoms with Gasteiger partial charge in [-0.1, -0.05) is 30.1 Å². The van der Waals surface area contributed by atoms with Crippen molar-refractivity contribution < 1.29 is 15.2 Å². The van der Waals surface area contributed by atoms with Crippen molar-refractivity contribution >= 4 is 58.1 Å². The van der Waals surface area contributed by atoms with E-state index in [0.29, 0.717) is 58.4 Å². The number of aromatic nitrogens is 3. The first-order chi connectivity index (χ1) is 18.2. The van der Waals surface area contributed by atoms with Crippen molar-refractivity contribution in [1.29, 1.82) is 0 Å². The zero-order valence-electron chi connectivity index (χ0n) is 20.9. The third-order valence-electron chi connectivity index (χ3n) is 6.30. The Balaban J connectivity index is 1.53. The number of nitrogens with one attached hydrogen (secondary N) is 3. The van der Waals surface area contributed by atoms with E-state index in [2.05, 4.69) is 25.5 Å². The van der Waals surface area contributed by atoms with Gasteiger partial charge in [-0.2, -0.15) is 5.23 Å². The van der Waals surface area contributed by atoms with E-state index in [-0.39, 0.29) is 23.5 Å². The van der Waals surface area contributed by atoms with Crippen molar-refractivity contribution in [2.45, 2.75) is 19.9 Å². The molecule has 6 N–H and O–H groups in total. The van der Waals surface area contributed by atoms with Crippen LogP contribution < -0.4 is 26.5 Å². The molecule has 2 aromatic heterocycles. The number of anilines is 4. The van der Waals surface area contributed by atoms with E-state index < -0.39 is 5.23 Å². The minimum atomic E-state index is -1.14. The Bertz CT molecular complexity index is 1310. The molecule has 0 radical (unpaired) electrons. The van der Waals surface area contributed by atoms with Gasteiger partial charge in [-0.25, -0.2) is 20.2 Å². The van der Waals surface area contributed by atoms with Crippen molar-refractivity contribution in [3.8, 4) is 11.3 Å². The molecule has 1 amide bonds. The smallest absolute Gasteiger partial charge is 0.244 e. The maximum Gasteiger partial charge on any atom is 0.244 e. The van der Waals surface area contributed by atoms with E-state index in [0.717, 1.165) is 13.1 Å². The third kappa shape index (κ3) is 6.07. The topological polar surface area (TPSA) is 160 Å². The quantitative estimate of drug-likeness (QED) is 0.194. The number of hydrogen-bond acceptors (Lipinski definition) is 10. The summed E-state index contributed by atoms with van der Waals surface area (Å²) in [6.45, 7) is 6.80. The van der Waals surface area contributed by atoms with Crippen LogP contribution in [0.3, 0.4) is 0 Å². The van der Waals surface area contributed by atoms with Crippen molar-refractivity contribution in [3.05, 3.63) is 51.8 Å². The second-order valence-corrected chi connectivity index (χ2v) is 9.48. The molecule has 3 heterocycles. The summed E-state index contributed by atoms with van der Waals surface area (Å²) in [6.07, 6.45) is 1.63. The highest BCUT2D eigenvalue weighted by atomic mass is 35.5. The van der Waals surface area contributed by atoms with E-state index in [4.69, 9.17) is 39.1 Å². The third-order valence-corrected chi connectivity index (χ3v) is 6.85. The molecular weight excluding hydrogens is 533 g/mol. The van der Waals surface area contributed by atoms with Crippen LogP contribution in [0.15, 0.2) is 36.5 Å². The number of pyridine rings is 1. The number of nitrogen functional groups attached to an aromatic ring is 1. The van der Waals surface area contributed by atoms with Gasteiger partial charge >= 0.3 is 0 Å². The molecule has 0 saturated carbocycles. The van der Waals surface area contributed by atoms with Crippen LogP contribution in [-0.4, -0.2) is 69.7 Å². The van der Waals surface area contributed by atoms with Crippen LogP contribution in [0.5, 0.6) is 0 Å². The highest BCUT2D eigenvalue weighted by Crippen LogP contribution is 2.36. The number of nitrogens with zero attached hydrogens (tertiary/aromatic N) is 5. The van der Waals surface area contributed by atoms with Crippen LogP contribution in [0.1, 0.15) is 13.8 Å². The van der Waals surface area contributed by atoms with Gasteiger partial charge < -0.3 is 26.5 Å². The van der Waals surface area contributed by atoms with Crippen LogP contribution >= 0.6 is 23.2 Å². The largest absolute Gasteiger partial charge is 0.595 e. The standard InChI is InChI=1S/C24H29Cl2N9O3/c1-3-33-10-11-34(23(36)14(33)2)19-13-30-24(32-21(19)16-5-4-15(25)12-17(16)26)29-9-8-28-20-7-6-18(35(37)38)22(27)31-20/h4-7,12-14,35,37H,3,8-11H2,1-2H3,(H3,27,28,31)(H,29,30,32). The van der Waals surface area contributed by atoms with Crippen molar-refractivity contribution in [1.82, 2.24) is 19.9 Å². The van der Waals surface area contributed by atoms with Gasteiger partial charge in [0.15, 0.2) is 5.82 Å². The van der Waals surface area contributed by atoms with Crippen LogP contribution in [0.4, 0.5) is 29.0 Å². The minimum Gasteiger partial charge on any atom is -0.595 e. The molecule has 2 unspecified atom stereocenters. The SMILES string of the molecule is CCN1CCN(c2cnc(NCCNc3ccc([NH+]([O-])O)c(N)n3)nc2-c2ccc(Cl)cc2Cl)C(=O)C1C. The molecule has 1 aliphatic heterocycles. The number of carbonyl (C=O) groups excluding carboxylic acids is 1. The number of benzene rings is 1. The normalized spacial score (nSPS) is 16.9. The molecule has 1 fully saturated rings. The molecule has 4 rings (SSSR count). The van der Waals surface area contributed by atoms with Crippen LogP contribution in [0.25, 0.3) is 11.3 Å². The summed E-state index contributed by atoms with van der Waals surface area (Å²) in [7, 11) is 0.